The molecule has 0 aliphatic carbocycles. The maximum Gasteiger partial charge on any atom is 0.410 e. The summed E-state index contributed by atoms with van der Waals surface area (Å²) < 4.78 is 5.64. The smallest absolute Gasteiger partial charge is 0.410 e. The van der Waals surface area contributed by atoms with Crippen LogP contribution in [0.3, 0.4) is 0 Å². The Hall–Kier alpha value is -1.55. The maximum absolute atomic E-state index is 12.9. The molecular formula is C28H45NO3. The van der Waals surface area contributed by atoms with Gasteiger partial charge in [-0.15, -0.1) is 0 Å². The van der Waals surface area contributed by atoms with Gasteiger partial charge in [0, 0.05) is 12.1 Å². The van der Waals surface area contributed by atoms with E-state index in [1.807, 2.05) is 35.2 Å². The Morgan fingerprint density at radius 1 is 0.938 bits per heavy atom. The van der Waals surface area contributed by atoms with Crippen molar-refractivity contribution in [3.05, 3.63) is 35.9 Å². The van der Waals surface area contributed by atoms with Crippen molar-refractivity contribution in [2.45, 2.75) is 134 Å². The van der Waals surface area contributed by atoms with Gasteiger partial charge >= 0.3 is 6.09 Å². The molecule has 2 fully saturated rings. The van der Waals surface area contributed by atoms with E-state index in [4.69, 9.17) is 4.74 Å². The van der Waals surface area contributed by atoms with E-state index in [-0.39, 0.29) is 18.2 Å². The minimum atomic E-state index is -0.605. The Bertz CT molecular complexity index is 648. The van der Waals surface area contributed by atoms with Crippen molar-refractivity contribution in [3.8, 4) is 0 Å². The van der Waals surface area contributed by atoms with Gasteiger partial charge in [-0.2, -0.15) is 0 Å². The van der Waals surface area contributed by atoms with Crippen LogP contribution in [-0.2, 0) is 11.3 Å². The first-order chi connectivity index (χ1) is 15.6. The summed E-state index contributed by atoms with van der Waals surface area (Å²) in [6, 6.07) is 10.1. The number of carbonyl (C=O) groups excluding carboxylic acids is 1. The number of rotatable bonds is 13. The van der Waals surface area contributed by atoms with Gasteiger partial charge in [-0.3, -0.25) is 0 Å². The van der Waals surface area contributed by atoms with E-state index in [0.29, 0.717) is 19.4 Å². The van der Waals surface area contributed by atoms with E-state index in [2.05, 4.69) is 6.92 Å². The lowest BCUT2D eigenvalue weighted by molar-refractivity contribution is -0.0899. The molecular weight excluding hydrogens is 398 g/mol. The van der Waals surface area contributed by atoms with Crippen LogP contribution in [0.15, 0.2) is 30.3 Å². The number of aliphatic hydroxyl groups is 1. The Morgan fingerprint density at radius 3 is 2.09 bits per heavy atom. The molecule has 4 heteroatoms. The van der Waals surface area contributed by atoms with Gasteiger partial charge in [0.25, 0.3) is 0 Å². The number of ether oxygens (including phenoxy) is 1. The van der Waals surface area contributed by atoms with Crippen LogP contribution in [0.4, 0.5) is 4.79 Å². The lowest BCUT2D eigenvalue weighted by Gasteiger charge is -2.51. The Labute approximate surface area is 195 Å². The SMILES string of the molecule is CCCCCCCCCCCCC1(O)CC2CCCC(C1)N2C(=O)OCc1ccccc1. The normalized spacial score (nSPS) is 25.0. The standard InChI is InChI=1S/C28H45NO3/c1-2-3-4-5-6-7-8-9-10-14-20-28(31)21-25-18-15-19-26(22-28)29(25)27(30)32-23-24-16-12-11-13-17-24/h11-13,16-17,25-26,31H,2-10,14-15,18-23H2,1H3. The molecule has 2 heterocycles. The molecule has 0 aromatic heterocycles. The highest BCUT2D eigenvalue weighted by atomic mass is 16.6. The molecule has 2 bridgehead atoms. The number of fused-ring (bicyclic) bond motifs is 2. The largest absolute Gasteiger partial charge is 0.445 e. The fourth-order valence-corrected chi connectivity index (χ4v) is 5.76. The van der Waals surface area contributed by atoms with Crippen molar-refractivity contribution in [1.29, 1.82) is 0 Å². The van der Waals surface area contributed by atoms with Crippen molar-refractivity contribution in [1.82, 2.24) is 4.90 Å². The zero-order valence-corrected chi connectivity index (χ0v) is 20.3. The van der Waals surface area contributed by atoms with E-state index in [1.54, 1.807) is 0 Å². The van der Waals surface area contributed by atoms with Gasteiger partial charge in [0.1, 0.15) is 6.61 Å². The minimum absolute atomic E-state index is 0.124. The summed E-state index contributed by atoms with van der Waals surface area (Å²) in [5.74, 6) is 0. The first-order valence-electron chi connectivity index (χ1n) is 13.3. The quantitative estimate of drug-likeness (QED) is 0.323. The van der Waals surface area contributed by atoms with Crippen molar-refractivity contribution >= 4 is 6.09 Å². The molecule has 1 aromatic carbocycles. The monoisotopic (exact) mass is 443 g/mol. The molecule has 0 saturated carbocycles. The zero-order valence-electron chi connectivity index (χ0n) is 20.3. The van der Waals surface area contributed by atoms with Crippen molar-refractivity contribution < 1.29 is 14.6 Å². The number of nitrogens with zero attached hydrogens (tertiary/aromatic N) is 1. The number of hydrogen-bond donors (Lipinski definition) is 1. The molecule has 1 N–H and O–H groups in total. The third kappa shape index (κ3) is 7.79. The third-order valence-corrected chi connectivity index (χ3v) is 7.50. The van der Waals surface area contributed by atoms with Crippen LogP contribution >= 0.6 is 0 Å². The molecule has 2 atom stereocenters. The number of piperidine rings is 2. The lowest BCUT2D eigenvalue weighted by Crippen LogP contribution is -2.59. The van der Waals surface area contributed by atoms with Crippen LogP contribution in [0, 0.1) is 0 Å². The van der Waals surface area contributed by atoms with E-state index in [9.17, 15) is 9.90 Å². The second-order valence-electron chi connectivity index (χ2n) is 10.3. The molecule has 2 aliphatic heterocycles. The number of hydrogen-bond acceptors (Lipinski definition) is 3. The highest BCUT2D eigenvalue weighted by Crippen LogP contribution is 2.42. The van der Waals surface area contributed by atoms with Crippen molar-refractivity contribution in [2.75, 3.05) is 0 Å². The van der Waals surface area contributed by atoms with E-state index >= 15 is 0 Å². The van der Waals surface area contributed by atoms with Gasteiger partial charge in [0.15, 0.2) is 0 Å². The topological polar surface area (TPSA) is 49.8 Å². The van der Waals surface area contributed by atoms with Gasteiger partial charge < -0.3 is 14.7 Å². The summed E-state index contributed by atoms with van der Waals surface area (Å²) in [7, 11) is 0. The van der Waals surface area contributed by atoms with Crippen molar-refractivity contribution in [3.63, 3.8) is 0 Å². The summed E-state index contributed by atoms with van der Waals surface area (Å²) in [6.45, 7) is 2.58. The summed E-state index contributed by atoms with van der Waals surface area (Å²) in [5.41, 5.74) is 0.409. The average Bonchev–Trinajstić information content (AvgIpc) is 2.79. The van der Waals surface area contributed by atoms with Crippen LogP contribution in [-0.4, -0.2) is 33.8 Å². The Morgan fingerprint density at radius 2 is 1.50 bits per heavy atom. The van der Waals surface area contributed by atoms with E-state index < -0.39 is 5.60 Å². The average molecular weight is 444 g/mol. The molecule has 32 heavy (non-hydrogen) atoms. The predicted octanol–water partition coefficient (Wildman–Crippen LogP) is 7.38. The molecule has 4 nitrogen and oxygen atoms in total. The molecule has 2 saturated heterocycles. The molecule has 1 aromatic rings. The van der Waals surface area contributed by atoms with Crippen LogP contribution in [0.1, 0.15) is 115 Å². The molecule has 2 aliphatic rings. The fourth-order valence-electron chi connectivity index (χ4n) is 5.76. The molecule has 0 spiro atoms. The molecule has 0 radical (unpaired) electrons. The second kappa shape index (κ2) is 13.2. The van der Waals surface area contributed by atoms with Gasteiger partial charge in [-0.1, -0.05) is 101 Å². The maximum atomic E-state index is 12.9. The molecule has 2 unspecified atom stereocenters. The van der Waals surface area contributed by atoms with Gasteiger partial charge in [0.2, 0.25) is 0 Å². The minimum Gasteiger partial charge on any atom is -0.445 e. The second-order valence-corrected chi connectivity index (χ2v) is 10.3. The first-order valence-corrected chi connectivity index (χ1v) is 13.3. The van der Waals surface area contributed by atoms with Gasteiger partial charge in [0.05, 0.1) is 5.60 Å². The number of unbranched alkanes of at least 4 members (excludes halogenated alkanes) is 9. The molecule has 1 amide bonds. The van der Waals surface area contributed by atoms with E-state index in [0.717, 1.165) is 37.7 Å². The Kier molecular flexibility index (Phi) is 10.4. The predicted molar refractivity (Wildman–Crippen MR) is 131 cm³/mol. The van der Waals surface area contributed by atoms with Crippen molar-refractivity contribution in [2.24, 2.45) is 0 Å². The third-order valence-electron chi connectivity index (χ3n) is 7.50. The zero-order chi connectivity index (χ0) is 22.7. The van der Waals surface area contributed by atoms with Gasteiger partial charge in [-0.25, -0.2) is 4.79 Å². The van der Waals surface area contributed by atoms with Crippen LogP contribution < -0.4 is 0 Å². The van der Waals surface area contributed by atoms with Gasteiger partial charge in [-0.05, 0) is 44.1 Å². The summed E-state index contributed by atoms with van der Waals surface area (Å²) in [6.07, 6.45) is 18.4. The fraction of sp³-hybridized carbons (Fsp3) is 0.750. The highest BCUT2D eigenvalue weighted by molar-refractivity contribution is 5.69. The van der Waals surface area contributed by atoms with E-state index in [1.165, 1.54) is 57.8 Å². The summed E-state index contributed by atoms with van der Waals surface area (Å²) in [5, 5.41) is 11.3. The lowest BCUT2D eigenvalue weighted by atomic mass is 9.73. The highest BCUT2D eigenvalue weighted by Gasteiger charge is 2.47. The molecule has 180 valence electrons. The Balaban J connectivity index is 1.36. The van der Waals surface area contributed by atoms with Crippen LogP contribution in [0.5, 0.6) is 0 Å². The van der Waals surface area contributed by atoms with Crippen LogP contribution in [0.25, 0.3) is 0 Å². The molecule has 3 rings (SSSR count). The summed E-state index contributed by atoms with van der Waals surface area (Å²) >= 11 is 0. The first kappa shape index (κ1) is 25.1. The number of carbonyl (C=O) groups is 1. The number of benzene rings is 1. The number of amides is 1. The summed E-state index contributed by atoms with van der Waals surface area (Å²) in [4.78, 5) is 14.8. The van der Waals surface area contributed by atoms with Crippen LogP contribution in [0.2, 0.25) is 0 Å².